The molecule has 142 valence electrons. The zero-order valence-corrected chi connectivity index (χ0v) is 16.3. The van der Waals surface area contributed by atoms with Crippen LogP contribution in [0.25, 0.3) is 0 Å². The summed E-state index contributed by atoms with van der Waals surface area (Å²) in [6.45, 7) is 9.63. The van der Waals surface area contributed by atoms with Gasteiger partial charge in [0, 0.05) is 24.7 Å². The number of hydrogen-bond acceptors (Lipinski definition) is 3. The van der Waals surface area contributed by atoms with Gasteiger partial charge in [-0.2, -0.15) is 0 Å². The van der Waals surface area contributed by atoms with E-state index in [2.05, 4.69) is 26.1 Å². The van der Waals surface area contributed by atoms with Crippen molar-refractivity contribution in [1.29, 1.82) is 0 Å². The van der Waals surface area contributed by atoms with Gasteiger partial charge in [0.05, 0.1) is 0 Å². The lowest BCUT2D eigenvalue weighted by Crippen LogP contribution is -2.40. The van der Waals surface area contributed by atoms with E-state index in [0.29, 0.717) is 23.6 Å². The Kier molecular flexibility index (Phi) is 5.00. The maximum atomic E-state index is 12.7. The van der Waals surface area contributed by atoms with Gasteiger partial charge in [-0.05, 0) is 54.4 Å². The van der Waals surface area contributed by atoms with E-state index in [1.54, 1.807) is 24.3 Å². The zero-order valence-electron chi connectivity index (χ0n) is 16.3. The van der Waals surface area contributed by atoms with Crippen LogP contribution < -0.4 is 10.1 Å². The van der Waals surface area contributed by atoms with E-state index in [0.717, 1.165) is 25.1 Å². The second kappa shape index (κ2) is 6.93. The summed E-state index contributed by atoms with van der Waals surface area (Å²) in [6, 6.07) is 7.49. The number of anilines is 1. The summed E-state index contributed by atoms with van der Waals surface area (Å²) >= 11 is 0. The number of rotatable bonds is 5. The quantitative estimate of drug-likeness (QED) is 0.870. The molecule has 26 heavy (non-hydrogen) atoms. The van der Waals surface area contributed by atoms with Gasteiger partial charge in [-0.3, -0.25) is 9.59 Å². The van der Waals surface area contributed by atoms with Crippen LogP contribution >= 0.6 is 0 Å². The Morgan fingerprint density at radius 2 is 1.88 bits per heavy atom. The Bertz CT molecular complexity index is 683. The molecular weight excluding hydrogens is 328 g/mol. The molecule has 0 unspecified atom stereocenters. The first kappa shape index (κ1) is 18.7. The largest absolute Gasteiger partial charge is 0.484 e. The highest BCUT2D eigenvalue weighted by molar-refractivity contribution is 5.90. The number of nitrogens with one attached hydrogen (secondary N) is 1. The highest BCUT2D eigenvalue weighted by Crippen LogP contribution is 2.52. The van der Waals surface area contributed by atoms with E-state index < -0.39 is 0 Å². The van der Waals surface area contributed by atoms with E-state index in [1.165, 1.54) is 6.42 Å². The molecule has 1 saturated carbocycles. The Labute approximate surface area is 156 Å². The average molecular weight is 358 g/mol. The van der Waals surface area contributed by atoms with Crippen LogP contribution in [-0.4, -0.2) is 35.9 Å². The van der Waals surface area contributed by atoms with Gasteiger partial charge in [0.2, 0.25) is 5.91 Å². The number of benzene rings is 1. The van der Waals surface area contributed by atoms with E-state index in [-0.39, 0.29) is 23.8 Å². The molecule has 5 heteroatoms. The molecule has 0 radical (unpaired) electrons. The van der Waals surface area contributed by atoms with Gasteiger partial charge in [-0.25, -0.2) is 0 Å². The maximum absolute atomic E-state index is 12.7. The van der Waals surface area contributed by atoms with Crippen molar-refractivity contribution in [3.05, 3.63) is 24.3 Å². The van der Waals surface area contributed by atoms with Crippen LogP contribution in [0.15, 0.2) is 24.3 Å². The summed E-state index contributed by atoms with van der Waals surface area (Å²) in [4.78, 5) is 26.1. The summed E-state index contributed by atoms with van der Waals surface area (Å²) in [5.74, 6) is 0.687. The minimum Gasteiger partial charge on any atom is -0.484 e. The number of amides is 2. The molecule has 2 amide bonds. The van der Waals surface area contributed by atoms with Gasteiger partial charge in [0.1, 0.15) is 5.75 Å². The third-order valence-corrected chi connectivity index (χ3v) is 5.56. The van der Waals surface area contributed by atoms with E-state index >= 15 is 0 Å². The standard InChI is InChI=1S/C21H30N2O3/c1-5-18(24)22-15-6-8-17(9-7-15)26-12-19(25)23-14-21(4)11-16(23)10-20(2,3)13-21/h6-9,16H,5,10-14H2,1-4H3,(H,22,24)/t16-,21-/m1/s1. The summed E-state index contributed by atoms with van der Waals surface area (Å²) in [5, 5.41) is 2.80. The second-order valence-electron chi connectivity index (χ2n) is 8.95. The minimum absolute atomic E-state index is 0.0228. The zero-order chi connectivity index (χ0) is 18.9. The number of likely N-dealkylation sites (tertiary alicyclic amines) is 1. The van der Waals surface area contributed by atoms with Crippen molar-refractivity contribution < 1.29 is 14.3 Å². The van der Waals surface area contributed by atoms with Gasteiger partial charge in [0.15, 0.2) is 6.61 Å². The molecule has 0 aromatic heterocycles. The molecule has 1 saturated heterocycles. The smallest absolute Gasteiger partial charge is 0.260 e. The van der Waals surface area contributed by atoms with E-state index in [1.807, 2.05) is 11.8 Å². The highest BCUT2D eigenvalue weighted by Gasteiger charge is 2.50. The summed E-state index contributed by atoms with van der Waals surface area (Å²) < 4.78 is 5.70. The molecule has 1 aromatic carbocycles. The second-order valence-corrected chi connectivity index (χ2v) is 8.95. The van der Waals surface area contributed by atoms with Crippen LogP contribution in [-0.2, 0) is 9.59 Å². The first-order valence-electron chi connectivity index (χ1n) is 9.52. The first-order chi connectivity index (χ1) is 12.2. The third-order valence-electron chi connectivity index (χ3n) is 5.56. The van der Waals surface area contributed by atoms with Crippen molar-refractivity contribution in [3.8, 4) is 5.75 Å². The molecular formula is C21H30N2O3. The van der Waals surface area contributed by atoms with Gasteiger partial charge >= 0.3 is 0 Å². The molecule has 5 nitrogen and oxygen atoms in total. The van der Waals surface area contributed by atoms with Crippen molar-refractivity contribution in [2.45, 2.75) is 59.4 Å². The topological polar surface area (TPSA) is 58.6 Å². The van der Waals surface area contributed by atoms with Crippen LogP contribution in [0.5, 0.6) is 5.75 Å². The van der Waals surface area contributed by atoms with Crippen LogP contribution in [0.2, 0.25) is 0 Å². The van der Waals surface area contributed by atoms with Crippen molar-refractivity contribution in [2.75, 3.05) is 18.5 Å². The van der Waals surface area contributed by atoms with Gasteiger partial charge in [-0.15, -0.1) is 0 Å². The number of fused-ring (bicyclic) bond motifs is 2. The van der Waals surface area contributed by atoms with Gasteiger partial charge < -0.3 is 15.0 Å². The van der Waals surface area contributed by atoms with Crippen molar-refractivity contribution in [3.63, 3.8) is 0 Å². The van der Waals surface area contributed by atoms with Crippen molar-refractivity contribution >= 4 is 17.5 Å². The summed E-state index contributed by atoms with van der Waals surface area (Å²) in [6.07, 6.45) is 3.79. The highest BCUT2D eigenvalue weighted by atomic mass is 16.5. The Balaban J connectivity index is 1.55. The summed E-state index contributed by atoms with van der Waals surface area (Å²) in [5.41, 5.74) is 1.27. The Hall–Kier alpha value is -2.04. The van der Waals surface area contributed by atoms with Crippen LogP contribution in [0, 0.1) is 10.8 Å². The van der Waals surface area contributed by atoms with Crippen LogP contribution in [0.1, 0.15) is 53.4 Å². The fourth-order valence-electron chi connectivity index (χ4n) is 4.86. The Morgan fingerprint density at radius 1 is 1.19 bits per heavy atom. The lowest BCUT2D eigenvalue weighted by atomic mass is 9.65. The number of hydrogen-bond donors (Lipinski definition) is 1. The number of carbonyl (C=O) groups is 2. The average Bonchev–Trinajstić information content (AvgIpc) is 2.82. The monoisotopic (exact) mass is 358 g/mol. The lowest BCUT2D eigenvalue weighted by Gasteiger charge is -2.39. The minimum atomic E-state index is -0.0228. The predicted octanol–water partition coefficient (Wildman–Crippen LogP) is 3.84. The van der Waals surface area contributed by atoms with Crippen LogP contribution in [0.3, 0.4) is 0 Å². The molecule has 1 heterocycles. The van der Waals surface area contributed by atoms with Gasteiger partial charge in [0.25, 0.3) is 5.91 Å². The number of carbonyl (C=O) groups excluding carboxylic acids is 2. The molecule has 2 bridgehead atoms. The van der Waals surface area contributed by atoms with Crippen molar-refractivity contribution in [1.82, 2.24) is 4.90 Å². The fourth-order valence-corrected chi connectivity index (χ4v) is 4.86. The van der Waals surface area contributed by atoms with E-state index in [4.69, 9.17) is 4.74 Å². The summed E-state index contributed by atoms with van der Waals surface area (Å²) in [7, 11) is 0. The predicted molar refractivity (Wildman–Crippen MR) is 102 cm³/mol. The molecule has 0 spiro atoms. The normalized spacial score (nSPS) is 26.5. The molecule has 2 aliphatic rings. The first-order valence-corrected chi connectivity index (χ1v) is 9.52. The number of nitrogens with zero attached hydrogens (tertiary/aromatic N) is 1. The molecule has 2 fully saturated rings. The van der Waals surface area contributed by atoms with E-state index in [9.17, 15) is 9.59 Å². The fraction of sp³-hybridized carbons (Fsp3) is 0.619. The Morgan fingerprint density at radius 3 is 2.54 bits per heavy atom. The van der Waals surface area contributed by atoms with Gasteiger partial charge in [-0.1, -0.05) is 27.7 Å². The molecule has 1 aliphatic carbocycles. The molecule has 1 aromatic rings. The van der Waals surface area contributed by atoms with Crippen LogP contribution in [0.4, 0.5) is 5.69 Å². The number of ether oxygens (including phenoxy) is 1. The third kappa shape index (κ3) is 4.19. The molecule has 1 aliphatic heterocycles. The molecule has 1 N–H and O–H groups in total. The lowest BCUT2D eigenvalue weighted by molar-refractivity contribution is -0.134. The molecule has 3 rings (SSSR count). The molecule has 2 atom stereocenters. The SMILES string of the molecule is CCC(=O)Nc1ccc(OCC(=O)N2C[C@]3(C)C[C@H]2CC(C)(C)C3)cc1. The maximum Gasteiger partial charge on any atom is 0.260 e. The van der Waals surface area contributed by atoms with Crippen molar-refractivity contribution in [2.24, 2.45) is 10.8 Å².